The van der Waals surface area contributed by atoms with Gasteiger partial charge in [0, 0.05) is 11.8 Å². The number of nitrogens with one attached hydrogen (secondary N) is 1. The molecule has 3 aromatic rings. The van der Waals surface area contributed by atoms with Crippen molar-refractivity contribution in [3.8, 4) is 16.9 Å². The maximum Gasteiger partial charge on any atom is 0.413 e. The van der Waals surface area contributed by atoms with E-state index in [0.717, 1.165) is 16.8 Å². The Morgan fingerprint density at radius 3 is 2.37 bits per heavy atom. The summed E-state index contributed by atoms with van der Waals surface area (Å²) in [7, 11) is 0. The van der Waals surface area contributed by atoms with Crippen LogP contribution in [0.15, 0.2) is 60.8 Å². The lowest BCUT2D eigenvalue weighted by Gasteiger charge is -2.06. The summed E-state index contributed by atoms with van der Waals surface area (Å²) in [5.41, 5.74) is 3.20. The van der Waals surface area contributed by atoms with Crippen LogP contribution in [0.4, 0.5) is 4.79 Å². The highest BCUT2D eigenvalue weighted by Gasteiger charge is 2.21. The molecule has 0 bridgehead atoms. The zero-order chi connectivity index (χ0) is 21.5. The Kier molecular flexibility index (Phi) is 6.59. The molecule has 30 heavy (non-hydrogen) atoms. The number of aromatic nitrogens is 2. The Morgan fingerprint density at radius 2 is 1.70 bits per heavy atom. The maximum absolute atomic E-state index is 12.7. The average Bonchev–Trinajstić information content (AvgIpc) is 3.19. The minimum Gasteiger partial charge on any atom is -0.452 e. The van der Waals surface area contributed by atoms with Crippen LogP contribution >= 0.6 is 0 Å². The third-order valence-electron chi connectivity index (χ3n) is 4.13. The van der Waals surface area contributed by atoms with Gasteiger partial charge in [0.25, 0.3) is 5.91 Å². The molecule has 3 rings (SSSR count). The van der Waals surface area contributed by atoms with Gasteiger partial charge in [0.15, 0.2) is 6.61 Å². The fraction of sp³-hybridized carbons (Fsp3) is 0.182. The molecule has 2 aromatic carbocycles. The van der Waals surface area contributed by atoms with Crippen molar-refractivity contribution in [1.29, 1.82) is 0 Å². The average molecular weight is 407 g/mol. The standard InChI is InChI=1S/C22H21N3O5/c1-3-29-22(28)23-19(26)14-30-21(27)18-13-25(17-7-5-4-6-8-17)24-20(18)16-11-9-15(2)10-12-16/h4-13H,3,14H2,1-2H3,(H,23,26,28). The molecule has 0 aliphatic rings. The normalized spacial score (nSPS) is 10.3. The number of esters is 1. The third-order valence-corrected chi connectivity index (χ3v) is 4.13. The van der Waals surface area contributed by atoms with Gasteiger partial charge in [-0.3, -0.25) is 10.1 Å². The van der Waals surface area contributed by atoms with E-state index in [1.165, 1.54) is 0 Å². The van der Waals surface area contributed by atoms with Crippen molar-refractivity contribution in [2.24, 2.45) is 0 Å². The summed E-state index contributed by atoms with van der Waals surface area (Å²) >= 11 is 0. The molecule has 0 aliphatic carbocycles. The van der Waals surface area contributed by atoms with Crippen molar-refractivity contribution >= 4 is 18.0 Å². The number of benzene rings is 2. The Bertz CT molecular complexity index is 1040. The Morgan fingerprint density at radius 1 is 1.00 bits per heavy atom. The highest BCUT2D eigenvalue weighted by Crippen LogP contribution is 2.25. The van der Waals surface area contributed by atoms with Gasteiger partial charge < -0.3 is 9.47 Å². The number of alkyl carbamates (subject to hydrolysis) is 1. The first-order chi connectivity index (χ1) is 14.5. The van der Waals surface area contributed by atoms with Crippen LogP contribution in [0.1, 0.15) is 22.8 Å². The van der Waals surface area contributed by atoms with Gasteiger partial charge in [-0.1, -0.05) is 48.0 Å². The third kappa shape index (κ3) is 5.11. The van der Waals surface area contributed by atoms with Gasteiger partial charge in [0.1, 0.15) is 11.3 Å². The van der Waals surface area contributed by atoms with E-state index in [2.05, 4.69) is 9.84 Å². The van der Waals surface area contributed by atoms with E-state index < -0.39 is 24.6 Å². The number of rotatable bonds is 6. The molecule has 8 nitrogen and oxygen atoms in total. The molecule has 1 N–H and O–H groups in total. The molecule has 0 spiro atoms. The quantitative estimate of drug-likeness (QED) is 0.630. The van der Waals surface area contributed by atoms with Crippen LogP contribution in [0.2, 0.25) is 0 Å². The van der Waals surface area contributed by atoms with Gasteiger partial charge in [-0.05, 0) is 26.0 Å². The molecular formula is C22H21N3O5. The van der Waals surface area contributed by atoms with E-state index in [1.54, 1.807) is 17.8 Å². The zero-order valence-electron chi connectivity index (χ0n) is 16.6. The SMILES string of the molecule is CCOC(=O)NC(=O)COC(=O)c1cn(-c2ccccc2)nc1-c1ccc(C)cc1. The van der Waals surface area contributed by atoms with Crippen LogP contribution in [0.5, 0.6) is 0 Å². The number of hydrogen-bond donors (Lipinski definition) is 1. The molecule has 2 amide bonds. The van der Waals surface area contributed by atoms with Crippen LogP contribution in [-0.4, -0.2) is 41.0 Å². The fourth-order valence-corrected chi connectivity index (χ4v) is 2.69. The van der Waals surface area contributed by atoms with Gasteiger partial charge in [0.2, 0.25) is 0 Å². The highest BCUT2D eigenvalue weighted by atomic mass is 16.6. The van der Waals surface area contributed by atoms with E-state index in [-0.39, 0.29) is 12.2 Å². The van der Waals surface area contributed by atoms with Gasteiger partial charge in [-0.15, -0.1) is 0 Å². The number of amides is 2. The van der Waals surface area contributed by atoms with Crippen molar-refractivity contribution in [3.63, 3.8) is 0 Å². The zero-order valence-corrected chi connectivity index (χ0v) is 16.6. The molecule has 0 saturated carbocycles. The topological polar surface area (TPSA) is 99.5 Å². The second-order valence-electron chi connectivity index (χ2n) is 6.38. The fourth-order valence-electron chi connectivity index (χ4n) is 2.69. The lowest BCUT2D eigenvalue weighted by atomic mass is 10.1. The van der Waals surface area contributed by atoms with Crippen LogP contribution in [0.3, 0.4) is 0 Å². The molecule has 1 heterocycles. The number of aryl methyl sites for hydroxylation is 1. The van der Waals surface area contributed by atoms with Crippen molar-refractivity contribution in [2.45, 2.75) is 13.8 Å². The second kappa shape index (κ2) is 9.51. The maximum atomic E-state index is 12.7. The summed E-state index contributed by atoms with van der Waals surface area (Å²) < 4.78 is 11.3. The van der Waals surface area contributed by atoms with E-state index >= 15 is 0 Å². The van der Waals surface area contributed by atoms with E-state index in [0.29, 0.717) is 5.69 Å². The number of ether oxygens (including phenoxy) is 2. The number of carbonyl (C=O) groups excluding carboxylic acids is 3. The minimum absolute atomic E-state index is 0.123. The summed E-state index contributed by atoms with van der Waals surface area (Å²) in [6, 6.07) is 16.9. The molecule has 0 aliphatic heterocycles. The molecular weight excluding hydrogens is 386 g/mol. The highest BCUT2D eigenvalue weighted by molar-refractivity contribution is 5.98. The number of imide groups is 1. The van der Waals surface area contributed by atoms with Crippen LogP contribution in [0.25, 0.3) is 16.9 Å². The van der Waals surface area contributed by atoms with Crippen LogP contribution in [0, 0.1) is 6.92 Å². The molecule has 1 aromatic heterocycles. The summed E-state index contributed by atoms with van der Waals surface area (Å²) in [6.45, 7) is 3.07. The molecule has 154 valence electrons. The lowest BCUT2D eigenvalue weighted by molar-refractivity contribution is -0.123. The molecule has 0 unspecified atom stereocenters. The molecule has 8 heteroatoms. The molecule has 0 radical (unpaired) electrons. The van der Waals surface area contributed by atoms with Crippen molar-refractivity contribution in [2.75, 3.05) is 13.2 Å². The lowest BCUT2D eigenvalue weighted by Crippen LogP contribution is -2.34. The van der Waals surface area contributed by atoms with E-state index in [1.807, 2.05) is 66.8 Å². The number of para-hydroxylation sites is 1. The molecule has 0 saturated heterocycles. The van der Waals surface area contributed by atoms with Crippen LogP contribution in [-0.2, 0) is 14.3 Å². The van der Waals surface area contributed by atoms with Gasteiger partial charge in [0.05, 0.1) is 12.3 Å². The van der Waals surface area contributed by atoms with Crippen LogP contribution < -0.4 is 5.32 Å². The monoisotopic (exact) mass is 407 g/mol. The second-order valence-corrected chi connectivity index (χ2v) is 6.38. The first-order valence-electron chi connectivity index (χ1n) is 9.33. The van der Waals surface area contributed by atoms with Crippen molar-refractivity contribution in [1.82, 2.24) is 15.1 Å². The minimum atomic E-state index is -0.893. The number of nitrogens with zero attached hydrogens (tertiary/aromatic N) is 2. The first kappa shape index (κ1) is 20.8. The van der Waals surface area contributed by atoms with Crippen molar-refractivity contribution in [3.05, 3.63) is 71.9 Å². The molecule has 0 fully saturated rings. The first-order valence-corrected chi connectivity index (χ1v) is 9.33. The largest absolute Gasteiger partial charge is 0.452 e. The van der Waals surface area contributed by atoms with Gasteiger partial charge in [-0.2, -0.15) is 5.10 Å². The Balaban J connectivity index is 1.84. The Hall–Kier alpha value is -3.94. The van der Waals surface area contributed by atoms with Gasteiger partial charge >= 0.3 is 12.1 Å². The van der Waals surface area contributed by atoms with Gasteiger partial charge in [-0.25, -0.2) is 14.3 Å². The Labute approximate surface area is 173 Å². The van der Waals surface area contributed by atoms with E-state index in [9.17, 15) is 14.4 Å². The smallest absolute Gasteiger partial charge is 0.413 e. The van der Waals surface area contributed by atoms with Crippen molar-refractivity contribution < 1.29 is 23.9 Å². The summed E-state index contributed by atoms with van der Waals surface area (Å²) in [6.07, 6.45) is 0.659. The number of hydrogen-bond acceptors (Lipinski definition) is 6. The van der Waals surface area contributed by atoms with E-state index in [4.69, 9.17) is 4.74 Å². The molecule has 0 atom stereocenters. The number of carbonyl (C=O) groups is 3. The predicted molar refractivity (Wildman–Crippen MR) is 109 cm³/mol. The summed E-state index contributed by atoms with van der Waals surface area (Å²) in [4.78, 5) is 35.8. The summed E-state index contributed by atoms with van der Waals surface area (Å²) in [5, 5.41) is 6.52. The summed E-state index contributed by atoms with van der Waals surface area (Å²) in [5.74, 6) is -1.51. The predicted octanol–water partition coefficient (Wildman–Crippen LogP) is 3.28.